The second-order valence-electron chi connectivity index (χ2n) is 3.50. The summed E-state index contributed by atoms with van der Waals surface area (Å²) in [6.07, 6.45) is 3.62. The number of thioether (sulfide) groups is 1. The molecule has 0 radical (unpaired) electrons. The Hall–Kier alpha value is -1.34. The number of hydrogen-bond acceptors (Lipinski definition) is 5. The van der Waals surface area contributed by atoms with E-state index in [4.69, 9.17) is 0 Å². The maximum Gasteiger partial charge on any atom is 0.211 e. The largest absolute Gasteiger partial charge is 0.507 e. The van der Waals surface area contributed by atoms with Crippen LogP contribution in [0.3, 0.4) is 0 Å². The molecule has 1 aromatic heterocycles. The quantitative estimate of drug-likeness (QED) is 0.695. The Kier molecular flexibility index (Phi) is 4.03. The number of phenolic OH excluding ortho intramolecular Hbond substituents is 1. The summed E-state index contributed by atoms with van der Waals surface area (Å²) >= 11 is 4.74. The highest BCUT2D eigenvalue weighted by Crippen LogP contribution is 2.23. The van der Waals surface area contributed by atoms with Gasteiger partial charge in [0.25, 0.3) is 0 Å². The van der Waals surface area contributed by atoms with Crippen molar-refractivity contribution in [3.05, 3.63) is 34.1 Å². The number of aromatic nitrogens is 3. The number of nitrogens with zero attached hydrogens (tertiary/aromatic N) is 4. The van der Waals surface area contributed by atoms with Crippen molar-refractivity contribution in [2.75, 3.05) is 6.26 Å². The number of aryl methyl sites for hydroxylation is 1. The maximum absolute atomic E-state index is 9.40. The van der Waals surface area contributed by atoms with Crippen molar-refractivity contribution in [1.29, 1.82) is 0 Å². The van der Waals surface area contributed by atoms with Crippen molar-refractivity contribution in [3.8, 4) is 5.75 Å². The summed E-state index contributed by atoms with van der Waals surface area (Å²) in [5, 5.41) is 22.4. The summed E-state index contributed by atoms with van der Waals surface area (Å²) in [6.45, 7) is 1.84. The van der Waals surface area contributed by atoms with Gasteiger partial charge in [-0.15, -0.1) is 10.2 Å². The van der Waals surface area contributed by atoms with Crippen molar-refractivity contribution in [3.63, 3.8) is 0 Å². The zero-order valence-electron chi connectivity index (χ0n) is 9.83. The summed E-state index contributed by atoms with van der Waals surface area (Å²) in [5.41, 5.74) is 0.875. The Labute approximate surface area is 117 Å². The Morgan fingerprint density at radius 1 is 1.44 bits per heavy atom. The van der Waals surface area contributed by atoms with Gasteiger partial charge < -0.3 is 5.11 Å². The molecule has 0 amide bonds. The number of benzene rings is 1. The highest BCUT2D eigenvalue weighted by molar-refractivity contribution is 9.10. The van der Waals surface area contributed by atoms with Crippen LogP contribution in [0.25, 0.3) is 0 Å². The standard InChI is InChI=1S/C11H11BrN4OS/c1-7-14-15-11(18-2)16(7)13-6-8-3-4-10(17)9(12)5-8/h3-6,17H,1-2H3/b13-6-. The molecule has 0 aliphatic rings. The van der Waals surface area contributed by atoms with Gasteiger partial charge >= 0.3 is 0 Å². The number of halogens is 1. The number of phenols is 1. The molecule has 0 aliphatic carbocycles. The molecule has 0 saturated carbocycles. The van der Waals surface area contributed by atoms with Crippen LogP contribution in [0.15, 0.2) is 32.9 Å². The summed E-state index contributed by atoms with van der Waals surface area (Å²) in [6, 6.07) is 5.18. The third kappa shape index (κ3) is 2.73. The summed E-state index contributed by atoms with van der Waals surface area (Å²) in [7, 11) is 0. The minimum Gasteiger partial charge on any atom is -0.507 e. The average molecular weight is 327 g/mol. The fourth-order valence-electron chi connectivity index (χ4n) is 1.33. The fourth-order valence-corrected chi connectivity index (χ4v) is 2.20. The van der Waals surface area contributed by atoms with E-state index in [1.54, 1.807) is 29.1 Å². The molecule has 18 heavy (non-hydrogen) atoms. The Morgan fingerprint density at radius 3 is 2.89 bits per heavy atom. The second kappa shape index (κ2) is 5.53. The lowest BCUT2D eigenvalue weighted by Crippen LogP contribution is -1.95. The van der Waals surface area contributed by atoms with E-state index >= 15 is 0 Å². The molecule has 0 spiro atoms. The number of aromatic hydroxyl groups is 1. The normalized spacial score (nSPS) is 11.3. The number of hydrogen-bond donors (Lipinski definition) is 1. The van der Waals surface area contributed by atoms with Gasteiger partial charge in [-0.2, -0.15) is 9.78 Å². The summed E-state index contributed by atoms with van der Waals surface area (Å²) in [5.74, 6) is 0.936. The van der Waals surface area contributed by atoms with E-state index in [0.717, 1.165) is 16.5 Å². The van der Waals surface area contributed by atoms with Crippen LogP contribution in [0.1, 0.15) is 11.4 Å². The Morgan fingerprint density at radius 2 is 2.22 bits per heavy atom. The van der Waals surface area contributed by atoms with Gasteiger partial charge in [0.2, 0.25) is 5.16 Å². The van der Waals surface area contributed by atoms with Gasteiger partial charge in [0, 0.05) is 0 Å². The van der Waals surface area contributed by atoms with Crippen molar-refractivity contribution in [1.82, 2.24) is 14.9 Å². The van der Waals surface area contributed by atoms with Crippen LogP contribution in [0, 0.1) is 6.92 Å². The molecule has 0 bridgehead atoms. The molecule has 1 aromatic carbocycles. The molecule has 0 unspecified atom stereocenters. The first-order valence-corrected chi connectivity index (χ1v) is 7.12. The Balaban J connectivity index is 2.29. The number of rotatable bonds is 3. The topological polar surface area (TPSA) is 63.3 Å². The summed E-state index contributed by atoms with van der Waals surface area (Å²) < 4.78 is 2.31. The zero-order valence-corrected chi connectivity index (χ0v) is 12.2. The van der Waals surface area contributed by atoms with Crippen LogP contribution in [-0.2, 0) is 0 Å². The van der Waals surface area contributed by atoms with Gasteiger partial charge in [-0.25, -0.2) is 0 Å². The van der Waals surface area contributed by atoms with E-state index < -0.39 is 0 Å². The molecule has 0 atom stereocenters. The van der Waals surface area contributed by atoms with Crippen LogP contribution >= 0.6 is 27.7 Å². The predicted molar refractivity (Wildman–Crippen MR) is 75.3 cm³/mol. The van der Waals surface area contributed by atoms with Crippen molar-refractivity contribution < 1.29 is 5.11 Å². The molecule has 0 saturated heterocycles. The molecule has 1 N–H and O–H groups in total. The van der Waals surface area contributed by atoms with Crippen LogP contribution in [0.4, 0.5) is 0 Å². The highest BCUT2D eigenvalue weighted by atomic mass is 79.9. The third-order valence-corrected chi connectivity index (χ3v) is 3.50. The Bertz CT molecular complexity index is 597. The van der Waals surface area contributed by atoms with Gasteiger partial charge in [0.15, 0.2) is 5.82 Å². The first-order valence-electron chi connectivity index (χ1n) is 5.10. The molecule has 94 valence electrons. The van der Waals surface area contributed by atoms with E-state index in [0.29, 0.717) is 4.47 Å². The van der Waals surface area contributed by atoms with Crippen LogP contribution in [0.5, 0.6) is 5.75 Å². The van der Waals surface area contributed by atoms with E-state index in [9.17, 15) is 5.11 Å². The van der Waals surface area contributed by atoms with Gasteiger partial charge in [0.1, 0.15) is 5.75 Å². The maximum atomic E-state index is 9.40. The zero-order chi connectivity index (χ0) is 13.1. The van der Waals surface area contributed by atoms with E-state index in [1.165, 1.54) is 11.8 Å². The van der Waals surface area contributed by atoms with Crippen LogP contribution in [-0.4, -0.2) is 32.5 Å². The summed E-state index contributed by atoms with van der Waals surface area (Å²) in [4.78, 5) is 0. The SMILES string of the molecule is CSc1nnc(C)n1/N=C\c1ccc(O)c(Br)c1. The molecular weight excluding hydrogens is 316 g/mol. The van der Waals surface area contributed by atoms with Crippen molar-refractivity contribution >= 4 is 33.9 Å². The minimum absolute atomic E-state index is 0.206. The molecule has 1 heterocycles. The molecule has 5 nitrogen and oxygen atoms in total. The lowest BCUT2D eigenvalue weighted by atomic mass is 10.2. The van der Waals surface area contributed by atoms with E-state index in [1.807, 2.05) is 13.2 Å². The van der Waals surface area contributed by atoms with Gasteiger partial charge in [-0.3, -0.25) is 0 Å². The highest BCUT2D eigenvalue weighted by Gasteiger charge is 2.05. The molecule has 0 fully saturated rings. The first kappa shape index (κ1) is 13.1. The van der Waals surface area contributed by atoms with Gasteiger partial charge in [-0.05, 0) is 52.9 Å². The molecule has 2 aromatic rings. The first-order chi connectivity index (χ1) is 8.61. The monoisotopic (exact) mass is 326 g/mol. The lowest BCUT2D eigenvalue weighted by molar-refractivity contribution is 0.472. The molecular formula is C11H11BrN4OS. The van der Waals surface area contributed by atoms with Crippen molar-refractivity contribution in [2.45, 2.75) is 12.1 Å². The van der Waals surface area contributed by atoms with Gasteiger partial charge in [0.05, 0.1) is 10.7 Å². The van der Waals surface area contributed by atoms with Crippen molar-refractivity contribution in [2.24, 2.45) is 5.10 Å². The lowest BCUT2D eigenvalue weighted by Gasteiger charge is -2.00. The minimum atomic E-state index is 0.206. The van der Waals surface area contributed by atoms with Crippen LogP contribution in [0.2, 0.25) is 0 Å². The third-order valence-electron chi connectivity index (χ3n) is 2.24. The smallest absolute Gasteiger partial charge is 0.211 e. The average Bonchev–Trinajstić information content (AvgIpc) is 2.71. The molecule has 0 aliphatic heterocycles. The molecule has 2 rings (SSSR count). The fraction of sp³-hybridized carbons (Fsp3) is 0.182. The van der Waals surface area contributed by atoms with Crippen LogP contribution < -0.4 is 0 Å². The second-order valence-corrected chi connectivity index (χ2v) is 5.13. The predicted octanol–water partition coefficient (Wildman–Crippen LogP) is 2.66. The van der Waals surface area contributed by atoms with E-state index in [2.05, 4.69) is 31.2 Å². The van der Waals surface area contributed by atoms with E-state index in [-0.39, 0.29) is 5.75 Å². The molecule has 7 heteroatoms. The van der Waals surface area contributed by atoms with Gasteiger partial charge in [-0.1, -0.05) is 11.8 Å².